The van der Waals surface area contributed by atoms with Crippen LogP contribution in [0, 0.1) is 0 Å². The molecule has 4 rings (SSSR count). The summed E-state index contributed by atoms with van der Waals surface area (Å²) in [6.45, 7) is 4.26. The molecular formula is C24H22N6O4. The van der Waals surface area contributed by atoms with Gasteiger partial charge in [-0.1, -0.05) is 18.2 Å². The molecule has 1 aromatic carbocycles. The van der Waals surface area contributed by atoms with Crippen molar-refractivity contribution in [3.63, 3.8) is 0 Å². The van der Waals surface area contributed by atoms with Gasteiger partial charge in [-0.15, -0.1) is 10.2 Å². The molecule has 0 aliphatic heterocycles. The number of benzene rings is 1. The number of carbonyl (C=O) groups excluding carboxylic acids is 2. The summed E-state index contributed by atoms with van der Waals surface area (Å²) in [5, 5.41) is 13.7. The number of esters is 1. The molecule has 172 valence electrons. The van der Waals surface area contributed by atoms with E-state index in [0.29, 0.717) is 40.5 Å². The Balaban J connectivity index is 1.78. The molecule has 10 heteroatoms. The van der Waals surface area contributed by atoms with Crippen LogP contribution in [0.25, 0.3) is 34.0 Å². The van der Waals surface area contributed by atoms with Gasteiger partial charge in [0.05, 0.1) is 17.7 Å². The molecule has 4 aromatic rings. The highest BCUT2D eigenvalue weighted by Gasteiger charge is 2.19. The van der Waals surface area contributed by atoms with Gasteiger partial charge in [0.1, 0.15) is 5.82 Å². The van der Waals surface area contributed by atoms with Crippen LogP contribution in [-0.2, 0) is 4.74 Å². The molecule has 10 nitrogen and oxygen atoms in total. The first-order valence-corrected chi connectivity index (χ1v) is 10.7. The van der Waals surface area contributed by atoms with E-state index in [0.717, 1.165) is 5.56 Å². The lowest BCUT2D eigenvalue weighted by Gasteiger charge is -2.11. The van der Waals surface area contributed by atoms with Gasteiger partial charge in [-0.25, -0.2) is 14.6 Å². The Morgan fingerprint density at radius 2 is 1.74 bits per heavy atom. The molecule has 0 unspecified atom stereocenters. The highest BCUT2D eigenvalue weighted by atomic mass is 16.5. The minimum Gasteiger partial charge on any atom is -0.462 e. The van der Waals surface area contributed by atoms with Crippen molar-refractivity contribution in [3.05, 3.63) is 66.6 Å². The molecule has 0 aliphatic carbocycles. The van der Waals surface area contributed by atoms with E-state index in [-0.39, 0.29) is 12.5 Å². The van der Waals surface area contributed by atoms with E-state index in [1.165, 1.54) is 6.20 Å². The number of rotatable bonds is 7. The van der Waals surface area contributed by atoms with E-state index in [2.05, 4.69) is 30.8 Å². The van der Waals surface area contributed by atoms with Crippen LogP contribution in [0.1, 0.15) is 24.2 Å². The van der Waals surface area contributed by atoms with Crippen LogP contribution in [-0.4, -0.2) is 45.3 Å². The molecule has 3 heterocycles. The summed E-state index contributed by atoms with van der Waals surface area (Å²) in [6, 6.07) is 12.2. The lowest BCUT2D eigenvalue weighted by Crippen LogP contribution is -2.28. The van der Waals surface area contributed by atoms with Gasteiger partial charge in [-0.3, -0.25) is 10.3 Å². The third kappa shape index (κ3) is 5.07. The quantitative estimate of drug-likeness (QED) is 0.394. The molecule has 0 aliphatic rings. The maximum absolute atomic E-state index is 12.2. The fraction of sp³-hybridized carbons (Fsp3) is 0.167. The zero-order valence-electron chi connectivity index (χ0n) is 18.6. The number of hydrogen-bond acceptors (Lipinski definition) is 8. The highest BCUT2D eigenvalue weighted by molar-refractivity contribution is 5.93. The number of amides is 2. The summed E-state index contributed by atoms with van der Waals surface area (Å²) >= 11 is 0. The molecule has 34 heavy (non-hydrogen) atoms. The van der Waals surface area contributed by atoms with Gasteiger partial charge in [0, 0.05) is 41.8 Å². The van der Waals surface area contributed by atoms with Crippen LogP contribution >= 0.6 is 0 Å². The Kier molecular flexibility index (Phi) is 6.87. The standard InChI is InChI=1S/C24H22N6O4/c1-3-26-24(32)28-20-11-18(22-30-29-21(34-22)15-8-6-5-7-9-15)19(14-27-20)16-10-17(13-25-12-16)23(31)33-4-2/h5-14H,3-4H2,1-2H3,(H2,26,27,28,32). The fourth-order valence-corrected chi connectivity index (χ4v) is 3.19. The van der Waals surface area contributed by atoms with Gasteiger partial charge in [0.25, 0.3) is 0 Å². The topological polar surface area (TPSA) is 132 Å². The van der Waals surface area contributed by atoms with Gasteiger partial charge in [0.2, 0.25) is 11.8 Å². The molecule has 3 aromatic heterocycles. The summed E-state index contributed by atoms with van der Waals surface area (Å²) in [5.41, 5.74) is 2.76. The second-order valence-electron chi connectivity index (χ2n) is 7.06. The van der Waals surface area contributed by atoms with Crippen molar-refractivity contribution < 1.29 is 18.7 Å². The first-order valence-electron chi connectivity index (χ1n) is 10.7. The van der Waals surface area contributed by atoms with Gasteiger partial charge < -0.3 is 14.5 Å². The summed E-state index contributed by atoms with van der Waals surface area (Å²) < 4.78 is 11.0. The zero-order chi connectivity index (χ0) is 23.9. The van der Waals surface area contributed by atoms with Crippen molar-refractivity contribution in [1.82, 2.24) is 25.5 Å². The third-order valence-electron chi connectivity index (χ3n) is 4.72. The van der Waals surface area contributed by atoms with Crippen molar-refractivity contribution in [1.29, 1.82) is 0 Å². The molecule has 0 radical (unpaired) electrons. The number of ether oxygens (including phenoxy) is 1. The predicted octanol–water partition coefficient (Wildman–Crippen LogP) is 4.18. The number of carbonyl (C=O) groups is 2. The van der Waals surface area contributed by atoms with Crippen LogP contribution in [0.2, 0.25) is 0 Å². The van der Waals surface area contributed by atoms with Gasteiger partial charge in [-0.05, 0) is 38.1 Å². The lowest BCUT2D eigenvalue weighted by atomic mass is 10.0. The first kappa shape index (κ1) is 22.6. The molecule has 2 amide bonds. The second-order valence-corrected chi connectivity index (χ2v) is 7.06. The minimum atomic E-state index is -0.481. The summed E-state index contributed by atoms with van der Waals surface area (Å²) in [5.74, 6) is 0.371. The minimum absolute atomic E-state index is 0.219. The van der Waals surface area contributed by atoms with Crippen molar-refractivity contribution in [2.45, 2.75) is 13.8 Å². The van der Waals surface area contributed by atoms with Crippen molar-refractivity contribution in [3.8, 4) is 34.0 Å². The number of nitrogens with one attached hydrogen (secondary N) is 2. The Labute approximate surface area is 195 Å². The number of pyridine rings is 2. The van der Waals surface area contributed by atoms with Crippen molar-refractivity contribution >= 4 is 17.8 Å². The van der Waals surface area contributed by atoms with Gasteiger partial charge in [-0.2, -0.15) is 0 Å². The third-order valence-corrected chi connectivity index (χ3v) is 4.72. The van der Waals surface area contributed by atoms with Gasteiger partial charge >= 0.3 is 12.0 Å². The van der Waals surface area contributed by atoms with E-state index in [1.807, 2.05) is 37.3 Å². The maximum atomic E-state index is 12.2. The number of hydrogen-bond donors (Lipinski definition) is 2. The van der Waals surface area contributed by atoms with Crippen LogP contribution in [0.5, 0.6) is 0 Å². The number of urea groups is 1. The van der Waals surface area contributed by atoms with E-state index in [9.17, 15) is 9.59 Å². The van der Waals surface area contributed by atoms with Crippen molar-refractivity contribution in [2.75, 3.05) is 18.5 Å². The summed E-state index contributed by atoms with van der Waals surface area (Å²) in [4.78, 5) is 32.7. The molecule has 0 saturated carbocycles. The van der Waals surface area contributed by atoms with E-state index in [4.69, 9.17) is 9.15 Å². The van der Waals surface area contributed by atoms with E-state index in [1.54, 1.807) is 31.5 Å². The molecule has 0 fully saturated rings. The molecule has 0 atom stereocenters. The van der Waals surface area contributed by atoms with Crippen LogP contribution in [0.3, 0.4) is 0 Å². The first-order chi connectivity index (χ1) is 16.6. The fourth-order valence-electron chi connectivity index (χ4n) is 3.19. The largest absolute Gasteiger partial charge is 0.462 e. The molecule has 0 spiro atoms. The lowest BCUT2D eigenvalue weighted by molar-refractivity contribution is 0.0526. The van der Waals surface area contributed by atoms with Crippen molar-refractivity contribution in [2.24, 2.45) is 0 Å². The Morgan fingerprint density at radius 1 is 0.941 bits per heavy atom. The second kappa shape index (κ2) is 10.3. The van der Waals surface area contributed by atoms with E-state index < -0.39 is 12.0 Å². The van der Waals surface area contributed by atoms with Crippen LogP contribution < -0.4 is 10.6 Å². The molecular weight excluding hydrogens is 436 g/mol. The van der Waals surface area contributed by atoms with Crippen LogP contribution in [0.4, 0.5) is 10.6 Å². The Bertz CT molecular complexity index is 1310. The monoisotopic (exact) mass is 458 g/mol. The highest BCUT2D eigenvalue weighted by Crippen LogP contribution is 2.34. The molecule has 0 bridgehead atoms. The van der Waals surface area contributed by atoms with Crippen LogP contribution in [0.15, 0.2) is 65.5 Å². The average Bonchev–Trinajstić information content (AvgIpc) is 3.35. The SMILES string of the molecule is CCNC(=O)Nc1cc(-c2nnc(-c3ccccc3)o2)c(-c2cncc(C(=O)OCC)c2)cn1. The number of anilines is 1. The smallest absolute Gasteiger partial charge is 0.339 e. The Morgan fingerprint density at radius 3 is 2.50 bits per heavy atom. The Hall–Kier alpha value is -4.60. The van der Waals surface area contributed by atoms with E-state index >= 15 is 0 Å². The normalized spacial score (nSPS) is 10.5. The predicted molar refractivity (Wildman–Crippen MR) is 125 cm³/mol. The molecule has 0 saturated heterocycles. The summed E-state index contributed by atoms with van der Waals surface area (Å²) in [6.07, 6.45) is 4.57. The average molecular weight is 458 g/mol. The number of nitrogens with zero attached hydrogens (tertiary/aromatic N) is 4. The number of aromatic nitrogens is 4. The summed E-state index contributed by atoms with van der Waals surface area (Å²) in [7, 11) is 0. The molecule has 2 N–H and O–H groups in total. The van der Waals surface area contributed by atoms with Gasteiger partial charge in [0.15, 0.2) is 0 Å². The maximum Gasteiger partial charge on any atom is 0.339 e. The zero-order valence-corrected chi connectivity index (χ0v) is 18.6.